The van der Waals surface area contributed by atoms with Gasteiger partial charge in [-0.3, -0.25) is 4.98 Å². The fraction of sp³-hybridized carbons (Fsp3) is 0. The van der Waals surface area contributed by atoms with E-state index in [9.17, 15) is 0 Å². The zero-order chi connectivity index (χ0) is 23.6. The van der Waals surface area contributed by atoms with Gasteiger partial charge in [0.15, 0.2) is 5.82 Å². The predicted molar refractivity (Wildman–Crippen MR) is 146 cm³/mol. The first-order valence-electron chi connectivity index (χ1n) is 11.1. The van der Waals surface area contributed by atoms with Crippen molar-refractivity contribution in [2.45, 2.75) is 9.79 Å². The van der Waals surface area contributed by atoms with Crippen molar-refractivity contribution in [3.8, 4) is 11.3 Å². The van der Waals surface area contributed by atoms with E-state index in [4.69, 9.17) is 11.6 Å². The molecule has 168 valence electrons. The molecule has 0 unspecified atom stereocenters. The second-order valence-corrected chi connectivity index (χ2v) is 9.58. The smallest absolute Gasteiger partial charge is 0.161 e. The van der Waals surface area contributed by atoms with Crippen molar-refractivity contribution in [3.05, 3.63) is 114 Å². The molecule has 0 atom stereocenters. The van der Waals surface area contributed by atoms with Crippen molar-refractivity contribution in [2.24, 2.45) is 0 Å². The molecule has 35 heavy (non-hydrogen) atoms. The highest BCUT2D eigenvalue weighted by Gasteiger charge is 2.11. The molecule has 0 saturated heterocycles. The van der Waals surface area contributed by atoms with Crippen LogP contribution < -0.4 is 5.32 Å². The maximum absolute atomic E-state index is 6.06. The number of halogens is 1. The second kappa shape index (κ2) is 9.37. The summed E-state index contributed by atoms with van der Waals surface area (Å²) in [5, 5.41) is 16.4. The third-order valence-electron chi connectivity index (χ3n) is 5.76. The molecule has 0 bridgehead atoms. The van der Waals surface area contributed by atoms with E-state index in [1.54, 1.807) is 11.8 Å². The summed E-state index contributed by atoms with van der Waals surface area (Å²) in [6.07, 6.45) is 1.86. The molecule has 2 heterocycles. The summed E-state index contributed by atoms with van der Waals surface area (Å²) >= 11 is 7.79. The Kier molecular flexibility index (Phi) is 5.78. The molecule has 6 heteroatoms. The van der Waals surface area contributed by atoms with Gasteiger partial charge in [-0.25, -0.2) is 0 Å². The van der Waals surface area contributed by atoms with Crippen LogP contribution in [0.2, 0.25) is 5.02 Å². The van der Waals surface area contributed by atoms with Crippen LogP contribution in [0.25, 0.3) is 32.9 Å². The minimum absolute atomic E-state index is 0.697. The number of fused-ring (bicyclic) bond motifs is 2. The van der Waals surface area contributed by atoms with Gasteiger partial charge in [-0.05, 0) is 48.5 Å². The van der Waals surface area contributed by atoms with Gasteiger partial charge in [0.1, 0.15) is 5.69 Å². The first-order valence-corrected chi connectivity index (χ1v) is 12.3. The van der Waals surface area contributed by atoms with E-state index >= 15 is 0 Å². The Balaban J connectivity index is 1.28. The maximum atomic E-state index is 6.06. The number of para-hydroxylation sites is 1. The molecule has 4 aromatic carbocycles. The minimum atomic E-state index is 0.697. The van der Waals surface area contributed by atoms with Gasteiger partial charge in [0.25, 0.3) is 0 Å². The third-order valence-corrected chi connectivity index (χ3v) is 7.09. The molecule has 6 rings (SSSR count). The molecule has 0 aliphatic rings. The van der Waals surface area contributed by atoms with Crippen LogP contribution in [0.3, 0.4) is 0 Å². The van der Waals surface area contributed by atoms with Crippen molar-refractivity contribution < 1.29 is 0 Å². The standard InChI is InChI=1S/C29H19ClN4S/c30-20-11-9-19(10-12-20)28-23-5-1-2-6-24(23)29(34-33-28)32-21-13-15-22(16-14-21)35-27-17-18-31-26-8-4-3-7-25(26)27/h1-18H,(H,32,34). The summed E-state index contributed by atoms with van der Waals surface area (Å²) in [4.78, 5) is 6.80. The largest absolute Gasteiger partial charge is 0.338 e. The summed E-state index contributed by atoms with van der Waals surface area (Å²) in [7, 11) is 0. The van der Waals surface area contributed by atoms with E-state index < -0.39 is 0 Å². The molecular weight excluding hydrogens is 472 g/mol. The number of nitrogens with one attached hydrogen (secondary N) is 1. The molecule has 4 nitrogen and oxygen atoms in total. The summed E-state index contributed by atoms with van der Waals surface area (Å²) < 4.78 is 0. The lowest BCUT2D eigenvalue weighted by molar-refractivity contribution is 1.06. The van der Waals surface area contributed by atoms with Crippen LogP contribution in [-0.4, -0.2) is 15.2 Å². The summed E-state index contributed by atoms with van der Waals surface area (Å²) in [6.45, 7) is 0. The average molecular weight is 491 g/mol. The first-order chi connectivity index (χ1) is 17.2. The second-order valence-electron chi connectivity index (χ2n) is 8.03. The van der Waals surface area contributed by atoms with Crippen molar-refractivity contribution in [1.29, 1.82) is 0 Å². The normalized spacial score (nSPS) is 11.1. The quantitative estimate of drug-likeness (QED) is 0.263. The zero-order valence-electron chi connectivity index (χ0n) is 18.5. The van der Waals surface area contributed by atoms with Gasteiger partial charge in [-0.2, -0.15) is 0 Å². The van der Waals surface area contributed by atoms with Gasteiger partial charge in [0.2, 0.25) is 0 Å². The lowest BCUT2D eigenvalue weighted by Gasteiger charge is -2.12. The van der Waals surface area contributed by atoms with E-state index in [1.165, 1.54) is 4.90 Å². The van der Waals surface area contributed by atoms with Gasteiger partial charge in [-0.1, -0.05) is 78.0 Å². The van der Waals surface area contributed by atoms with E-state index in [0.29, 0.717) is 5.02 Å². The lowest BCUT2D eigenvalue weighted by atomic mass is 10.0. The molecule has 0 saturated carbocycles. The van der Waals surface area contributed by atoms with Gasteiger partial charge >= 0.3 is 0 Å². The SMILES string of the molecule is Clc1ccc(-c2nnc(Nc3ccc(Sc4ccnc5ccccc45)cc3)c3ccccc23)cc1. The Bertz CT molecular complexity index is 1650. The molecule has 0 amide bonds. The van der Waals surface area contributed by atoms with Crippen molar-refractivity contribution in [1.82, 2.24) is 15.2 Å². The van der Waals surface area contributed by atoms with E-state index in [2.05, 4.69) is 69.0 Å². The fourth-order valence-electron chi connectivity index (χ4n) is 4.05. The van der Waals surface area contributed by atoms with Crippen molar-refractivity contribution in [2.75, 3.05) is 5.32 Å². The van der Waals surface area contributed by atoms with E-state index in [-0.39, 0.29) is 0 Å². The highest BCUT2D eigenvalue weighted by Crippen LogP contribution is 2.35. The number of hydrogen-bond acceptors (Lipinski definition) is 5. The predicted octanol–water partition coefficient (Wildman–Crippen LogP) is 8.39. The Morgan fingerprint density at radius 3 is 2.17 bits per heavy atom. The summed E-state index contributed by atoms with van der Waals surface area (Å²) in [6, 6.07) is 34.4. The Labute approximate surface area is 212 Å². The molecule has 2 aromatic heterocycles. The van der Waals surface area contributed by atoms with Crippen molar-refractivity contribution in [3.63, 3.8) is 0 Å². The molecule has 0 spiro atoms. The fourth-order valence-corrected chi connectivity index (χ4v) is 5.11. The monoisotopic (exact) mass is 490 g/mol. The summed E-state index contributed by atoms with van der Waals surface area (Å²) in [5.74, 6) is 0.721. The van der Waals surface area contributed by atoms with Crippen LogP contribution in [0.4, 0.5) is 11.5 Å². The lowest BCUT2D eigenvalue weighted by Crippen LogP contribution is -1.99. The van der Waals surface area contributed by atoms with Crippen LogP contribution in [-0.2, 0) is 0 Å². The van der Waals surface area contributed by atoms with Crippen LogP contribution in [0, 0.1) is 0 Å². The van der Waals surface area contributed by atoms with Gasteiger partial charge in [-0.15, -0.1) is 10.2 Å². The van der Waals surface area contributed by atoms with Crippen LogP contribution in [0.15, 0.2) is 119 Å². The Hall–Kier alpha value is -3.93. The van der Waals surface area contributed by atoms with Crippen LogP contribution in [0.5, 0.6) is 0 Å². The molecule has 1 N–H and O–H groups in total. The van der Waals surface area contributed by atoms with Gasteiger partial charge in [0.05, 0.1) is 5.52 Å². The first kappa shape index (κ1) is 21.6. The molecule has 0 radical (unpaired) electrons. The number of pyridine rings is 1. The third kappa shape index (κ3) is 4.44. The molecular formula is C29H19ClN4S. The molecule has 0 aliphatic carbocycles. The number of anilines is 2. The average Bonchev–Trinajstić information content (AvgIpc) is 2.91. The van der Waals surface area contributed by atoms with Gasteiger partial charge < -0.3 is 5.32 Å². The van der Waals surface area contributed by atoms with Gasteiger partial charge in [0, 0.05) is 48.4 Å². The van der Waals surface area contributed by atoms with Crippen LogP contribution in [0.1, 0.15) is 0 Å². The van der Waals surface area contributed by atoms with E-state index in [0.717, 1.165) is 49.3 Å². The Morgan fingerprint density at radius 1 is 0.657 bits per heavy atom. The number of rotatable bonds is 5. The molecule has 0 fully saturated rings. The molecule has 0 aliphatic heterocycles. The van der Waals surface area contributed by atoms with Crippen molar-refractivity contribution >= 4 is 56.5 Å². The number of benzene rings is 4. The number of nitrogens with zero attached hydrogens (tertiary/aromatic N) is 3. The zero-order valence-corrected chi connectivity index (χ0v) is 20.1. The number of hydrogen-bond donors (Lipinski definition) is 1. The summed E-state index contributed by atoms with van der Waals surface area (Å²) in [5.41, 5.74) is 3.77. The minimum Gasteiger partial charge on any atom is -0.338 e. The molecule has 6 aromatic rings. The Morgan fingerprint density at radius 2 is 1.37 bits per heavy atom. The highest BCUT2D eigenvalue weighted by molar-refractivity contribution is 7.99. The highest BCUT2D eigenvalue weighted by atomic mass is 35.5. The maximum Gasteiger partial charge on any atom is 0.161 e. The van der Waals surface area contributed by atoms with Crippen LogP contribution >= 0.6 is 23.4 Å². The topological polar surface area (TPSA) is 50.7 Å². The van der Waals surface area contributed by atoms with E-state index in [1.807, 2.05) is 60.8 Å². The number of aromatic nitrogens is 3.